The zero-order valence-corrected chi connectivity index (χ0v) is 12.4. The van der Waals surface area contributed by atoms with Crippen LogP contribution < -0.4 is 5.32 Å². The fraction of sp³-hybridized carbons (Fsp3) is 0.714. The minimum atomic E-state index is 0.203. The van der Waals surface area contributed by atoms with Gasteiger partial charge in [-0.05, 0) is 18.5 Å². The van der Waals surface area contributed by atoms with E-state index in [2.05, 4.69) is 48.6 Å². The molecule has 1 aromatic rings. The Hall–Kier alpha value is -0.420. The van der Waals surface area contributed by atoms with E-state index in [4.69, 9.17) is 4.74 Å². The molecule has 0 bridgehead atoms. The molecule has 1 unspecified atom stereocenters. The summed E-state index contributed by atoms with van der Waals surface area (Å²) in [4.78, 5) is 3.77. The summed E-state index contributed by atoms with van der Waals surface area (Å²) in [5.41, 5.74) is 0.203. The van der Waals surface area contributed by atoms with Crippen molar-refractivity contribution in [3.05, 3.63) is 22.4 Å². The number of nitrogens with one attached hydrogen (secondary N) is 1. The van der Waals surface area contributed by atoms with Crippen molar-refractivity contribution in [1.29, 1.82) is 0 Å². The monoisotopic (exact) mass is 268 g/mol. The normalized spacial score (nSPS) is 22.3. The molecule has 4 heteroatoms. The topological polar surface area (TPSA) is 24.5 Å². The summed E-state index contributed by atoms with van der Waals surface area (Å²) in [5, 5.41) is 5.71. The van der Waals surface area contributed by atoms with Gasteiger partial charge in [0.15, 0.2) is 0 Å². The fourth-order valence-corrected chi connectivity index (χ4v) is 3.14. The highest BCUT2D eigenvalue weighted by Crippen LogP contribution is 2.26. The van der Waals surface area contributed by atoms with Gasteiger partial charge in [-0.15, -0.1) is 11.3 Å². The van der Waals surface area contributed by atoms with Crippen LogP contribution in [0.1, 0.15) is 18.7 Å². The lowest BCUT2D eigenvalue weighted by molar-refractivity contribution is -0.0184. The van der Waals surface area contributed by atoms with Gasteiger partial charge in [-0.25, -0.2) is 0 Å². The van der Waals surface area contributed by atoms with Crippen LogP contribution in [0, 0.1) is 0 Å². The first-order valence-electron chi connectivity index (χ1n) is 6.63. The number of morpholine rings is 1. The van der Waals surface area contributed by atoms with Crippen LogP contribution in [0.5, 0.6) is 0 Å². The van der Waals surface area contributed by atoms with Crippen molar-refractivity contribution < 1.29 is 4.74 Å². The Bertz CT molecular complexity index is 351. The molecule has 1 saturated heterocycles. The molecule has 18 heavy (non-hydrogen) atoms. The maximum atomic E-state index is 5.75. The number of nitrogens with zero attached hydrogens (tertiary/aromatic N) is 1. The fourth-order valence-electron chi connectivity index (χ4n) is 2.29. The lowest BCUT2D eigenvalue weighted by atomic mass is 9.91. The van der Waals surface area contributed by atoms with Gasteiger partial charge in [-0.1, -0.05) is 19.9 Å². The van der Waals surface area contributed by atoms with Crippen molar-refractivity contribution in [2.45, 2.75) is 25.4 Å². The number of rotatable bonds is 5. The van der Waals surface area contributed by atoms with E-state index in [0.29, 0.717) is 6.10 Å². The smallest absolute Gasteiger partial charge is 0.0826 e. The van der Waals surface area contributed by atoms with Crippen LogP contribution in [0.15, 0.2) is 17.5 Å². The minimum absolute atomic E-state index is 0.203. The van der Waals surface area contributed by atoms with Gasteiger partial charge in [0.05, 0.1) is 12.7 Å². The van der Waals surface area contributed by atoms with Crippen molar-refractivity contribution in [1.82, 2.24) is 10.2 Å². The number of hydrogen-bond acceptors (Lipinski definition) is 4. The number of hydrogen-bond donors (Lipinski definition) is 1. The molecule has 2 heterocycles. The van der Waals surface area contributed by atoms with Gasteiger partial charge in [0.25, 0.3) is 0 Å². The van der Waals surface area contributed by atoms with Crippen LogP contribution in [-0.2, 0) is 10.2 Å². The summed E-state index contributed by atoms with van der Waals surface area (Å²) in [7, 11) is 2.16. The number of ether oxygens (including phenoxy) is 1. The molecule has 1 aliphatic heterocycles. The van der Waals surface area contributed by atoms with E-state index >= 15 is 0 Å². The molecule has 2 rings (SSSR count). The van der Waals surface area contributed by atoms with Gasteiger partial charge in [-0.3, -0.25) is 0 Å². The van der Waals surface area contributed by atoms with Gasteiger partial charge >= 0.3 is 0 Å². The van der Waals surface area contributed by atoms with E-state index in [1.165, 1.54) is 4.88 Å². The first kappa shape index (κ1) is 14.0. The molecule has 1 aliphatic rings. The van der Waals surface area contributed by atoms with Crippen LogP contribution in [0.25, 0.3) is 0 Å². The molecular formula is C14H24N2OS. The lowest BCUT2D eigenvalue weighted by Gasteiger charge is -2.31. The van der Waals surface area contributed by atoms with Gasteiger partial charge in [0.2, 0.25) is 0 Å². The zero-order chi connectivity index (χ0) is 13.0. The Morgan fingerprint density at radius 2 is 2.39 bits per heavy atom. The number of likely N-dealkylation sites (N-methyl/N-ethyl adjacent to an activating group) is 1. The molecule has 0 spiro atoms. The lowest BCUT2D eigenvalue weighted by Crippen LogP contribution is -2.46. The first-order valence-corrected chi connectivity index (χ1v) is 7.51. The molecule has 1 aromatic heterocycles. The summed E-state index contributed by atoms with van der Waals surface area (Å²) < 4.78 is 5.75. The Labute approximate surface area is 114 Å². The summed E-state index contributed by atoms with van der Waals surface area (Å²) in [6.45, 7) is 9.47. The third-order valence-corrected chi connectivity index (χ3v) is 4.70. The Morgan fingerprint density at radius 3 is 3.06 bits per heavy atom. The average Bonchev–Trinajstić information content (AvgIpc) is 2.83. The van der Waals surface area contributed by atoms with Crippen molar-refractivity contribution in [2.24, 2.45) is 0 Å². The Morgan fingerprint density at radius 1 is 1.56 bits per heavy atom. The van der Waals surface area contributed by atoms with Crippen molar-refractivity contribution in [3.63, 3.8) is 0 Å². The molecule has 0 radical (unpaired) electrons. The molecule has 0 amide bonds. The molecule has 0 aliphatic carbocycles. The molecule has 0 aromatic carbocycles. The van der Waals surface area contributed by atoms with Crippen LogP contribution in [0.2, 0.25) is 0 Å². The summed E-state index contributed by atoms with van der Waals surface area (Å²) in [6, 6.07) is 4.35. The summed E-state index contributed by atoms with van der Waals surface area (Å²) in [6.07, 6.45) is 0.336. The molecule has 1 N–H and O–H groups in total. The largest absolute Gasteiger partial charge is 0.374 e. The van der Waals surface area contributed by atoms with Crippen LogP contribution in [0.4, 0.5) is 0 Å². The van der Waals surface area contributed by atoms with E-state index in [1.807, 2.05) is 11.3 Å². The van der Waals surface area contributed by atoms with Crippen LogP contribution in [0.3, 0.4) is 0 Å². The molecule has 3 nitrogen and oxygen atoms in total. The van der Waals surface area contributed by atoms with E-state index in [1.54, 1.807) is 0 Å². The molecule has 1 atom stereocenters. The van der Waals surface area contributed by atoms with Crippen molar-refractivity contribution >= 4 is 11.3 Å². The van der Waals surface area contributed by atoms with Gasteiger partial charge < -0.3 is 15.0 Å². The second-order valence-electron chi connectivity index (χ2n) is 5.75. The summed E-state index contributed by atoms with van der Waals surface area (Å²) in [5.74, 6) is 0. The molecule has 0 saturated carbocycles. The van der Waals surface area contributed by atoms with E-state index < -0.39 is 0 Å². The van der Waals surface area contributed by atoms with E-state index in [0.717, 1.165) is 32.8 Å². The second kappa shape index (κ2) is 6.15. The maximum Gasteiger partial charge on any atom is 0.0826 e. The van der Waals surface area contributed by atoms with Crippen molar-refractivity contribution in [2.75, 3.05) is 39.8 Å². The zero-order valence-electron chi connectivity index (χ0n) is 11.6. The predicted molar refractivity (Wildman–Crippen MR) is 77.5 cm³/mol. The standard InChI is InChI=1S/C14H24N2OS/c1-14(2,13-5-4-8-18-13)11-15-9-12-10-16(3)6-7-17-12/h4-5,8,12,15H,6-7,9-11H2,1-3H3. The number of thiophene rings is 1. The third-order valence-electron chi connectivity index (χ3n) is 3.47. The van der Waals surface area contributed by atoms with E-state index in [-0.39, 0.29) is 5.41 Å². The highest BCUT2D eigenvalue weighted by molar-refractivity contribution is 7.10. The Kier molecular flexibility index (Phi) is 4.78. The first-order chi connectivity index (χ1) is 8.58. The van der Waals surface area contributed by atoms with Gasteiger partial charge in [-0.2, -0.15) is 0 Å². The molecule has 1 fully saturated rings. The molecular weight excluding hydrogens is 244 g/mol. The van der Waals surface area contributed by atoms with Crippen LogP contribution in [-0.4, -0.2) is 50.8 Å². The Balaban J connectivity index is 1.74. The quantitative estimate of drug-likeness (QED) is 0.883. The van der Waals surface area contributed by atoms with Gasteiger partial charge in [0, 0.05) is 36.5 Å². The second-order valence-corrected chi connectivity index (χ2v) is 6.69. The summed E-state index contributed by atoms with van der Waals surface area (Å²) >= 11 is 1.84. The predicted octanol–water partition coefficient (Wildman–Crippen LogP) is 1.95. The SMILES string of the molecule is CN1CCOC(CNCC(C)(C)c2cccs2)C1. The minimum Gasteiger partial charge on any atom is -0.374 e. The highest BCUT2D eigenvalue weighted by atomic mass is 32.1. The molecule has 102 valence electrons. The van der Waals surface area contributed by atoms with E-state index in [9.17, 15) is 0 Å². The third kappa shape index (κ3) is 3.79. The van der Waals surface area contributed by atoms with Gasteiger partial charge in [0.1, 0.15) is 0 Å². The average molecular weight is 268 g/mol. The van der Waals surface area contributed by atoms with Crippen molar-refractivity contribution in [3.8, 4) is 0 Å². The highest BCUT2D eigenvalue weighted by Gasteiger charge is 2.23. The van der Waals surface area contributed by atoms with Crippen LogP contribution >= 0.6 is 11.3 Å². The maximum absolute atomic E-state index is 5.75.